The van der Waals surface area contributed by atoms with E-state index in [9.17, 15) is 39.5 Å². The first-order chi connectivity index (χ1) is 40.1. The van der Waals surface area contributed by atoms with Gasteiger partial charge in [-0.15, -0.1) is 0 Å². The van der Waals surface area contributed by atoms with E-state index < -0.39 is 49.6 Å². The number of nitriles is 1. The van der Waals surface area contributed by atoms with E-state index in [1.54, 1.807) is 18.2 Å². The van der Waals surface area contributed by atoms with Gasteiger partial charge in [0, 0.05) is 12.5 Å². The molecule has 0 aliphatic heterocycles. The number of hydrogen-bond acceptors (Lipinski definition) is 4. The maximum atomic E-state index is 12.8. The molecule has 0 bridgehead atoms. The van der Waals surface area contributed by atoms with E-state index in [2.05, 4.69) is 115 Å². The number of hydrogen-bond donors (Lipinski definition) is 1. The van der Waals surface area contributed by atoms with Gasteiger partial charge in [-0.3, -0.25) is 4.99 Å². The molecule has 7 rings (SSSR count). The van der Waals surface area contributed by atoms with Gasteiger partial charge in [0.05, 0.1) is 28.8 Å². The Morgan fingerprint density at radius 1 is 0.488 bits per heavy atom. The summed E-state index contributed by atoms with van der Waals surface area (Å²) >= 11 is -0.807. The van der Waals surface area contributed by atoms with E-state index in [4.69, 9.17) is 15.0 Å². The van der Waals surface area contributed by atoms with Gasteiger partial charge in [-0.05, 0) is 126 Å². The predicted molar refractivity (Wildman–Crippen MR) is 349 cm³/mol. The highest BCUT2D eigenvalue weighted by Gasteiger charge is 2.32. The van der Waals surface area contributed by atoms with Gasteiger partial charge >= 0.3 is 32.9 Å². The molecule has 0 heterocycles. The summed E-state index contributed by atoms with van der Waals surface area (Å²) in [5.74, 6) is 3.22. The summed E-state index contributed by atoms with van der Waals surface area (Å²) in [6.45, 7) is 22.2. The molecule has 0 spiro atoms. The first-order valence-electron chi connectivity index (χ1n) is 29.7. The first-order valence-corrected chi connectivity index (χ1v) is 33.8. The molecule has 2 atom stereocenters. The molecule has 15 heteroatoms. The molecule has 0 radical (unpaired) electrons. The second kappa shape index (κ2) is 39.2. The quantitative estimate of drug-likeness (QED) is 0.0469. The van der Waals surface area contributed by atoms with Gasteiger partial charge in [-0.2, -0.15) is 44.8 Å². The van der Waals surface area contributed by atoms with Crippen LogP contribution in [0.25, 0.3) is 21.5 Å². The molecule has 0 saturated heterocycles. The Labute approximate surface area is 519 Å². The van der Waals surface area contributed by atoms with E-state index in [1.807, 2.05) is 62.7 Å². The molecule has 86 heavy (non-hydrogen) atoms. The number of rotatable bonds is 20. The van der Waals surface area contributed by atoms with Crippen molar-refractivity contribution in [3.8, 4) is 6.07 Å². The van der Waals surface area contributed by atoms with Gasteiger partial charge in [0.25, 0.3) is 0 Å². The summed E-state index contributed by atoms with van der Waals surface area (Å²) in [6, 6.07) is 47.0. The topological polar surface area (TPSA) is 74.5 Å². The van der Waals surface area contributed by atoms with E-state index in [0.717, 1.165) is 47.2 Å². The lowest BCUT2D eigenvalue weighted by molar-refractivity contribution is -0.138. The van der Waals surface area contributed by atoms with Gasteiger partial charge < -0.3 is 9.71 Å². The minimum Gasteiger partial charge on any atom is -0.409 e. The van der Waals surface area contributed by atoms with Crippen LogP contribution >= 0.6 is 0 Å². The molecular formula is C71H91Al2F9N4. The molecule has 0 saturated carbocycles. The fourth-order valence-corrected chi connectivity index (χ4v) is 14.3. The van der Waals surface area contributed by atoms with Crippen molar-refractivity contribution in [3.05, 3.63) is 202 Å². The largest absolute Gasteiger partial charge is 0.435 e. The van der Waals surface area contributed by atoms with E-state index in [-0.39, 0.29) is 25.9 Å². The second-order valence-electron chi connectivity index (χ2n) is 23.2. The summed E-state index contributed by atoms with van der Waals surface area (Å²) in [4.78, 5) is 4.58. The zero-order valence-corrected chi connectivity index (χ0v) is 53.9. The standard InChI is InChI=1S/C22H20F3N.C12H13N.C10H9F3N.C10H8F3N.4C4H9.CH4.2Al.H/c1-16(20-13-5-10-18-9-2-3-12-21(18)20)26-14-6-8-17-7-4-11-19(15-17)22(23,24)25;1-9(13)11-8-4-6-10-5-2-3-7-12(10)11;2*11-10(12,13)9-5-1-3-8(7-9)4-2-6-14;4*1-4(2)3;;;;/h2-5,7,9-16H,6,8H2,1H3;2-9H,13H2,1H3;1,3,5-7H,2,4H2;1,3,5,7H,2,4H2;4*4H,1H2,2-3H3;1H4;;;/q;;-1;;;;;;;;+1;/t16-;9-;;;;;;;;;;/m11........../s1. The fourth-order valence-electron chi connectivity index (χ4n) is 9.41. The summed E-state index contributed by atoms with van der Waals surface area (Å²) < 4.78 is 118. The third kappa shape index (κ3) is 30.3. The van der Waals surface area contributed by atoms with Crippen LogP contribution in [-0.4, -0.2) is 42.0 Å². The summed E-state index contributed by atoms with van der Waals surface area (Å²) in [6.07, 6.45) is -6.05. The Morgan fingerprint density at radius 3 is 1.26 bits per heavy atom. The van der Waals surface area contributed by atoms with Crippen molar-refractivity contribution in [3.63, 3.8) is 0 Å². The van der Waals surface area contributed by atoms with Crippen molar-refractivity contribution in [2.45, 2.75) is 167 Å². The molecule has 7 aromatic carbocycles. The Bertz CT molecular complexity index is 3090. The summed E-state index contributed by atoms with van der Waals surface area (Å²) in [5, 5.41) is 18.6. The Morgan fingerprint density at radius 2 is 0.860 bits per heavy atom. The zero-order valence-electron chi connectivity index (χ0n) is 51.3. The van der Waals surface area contributed by atoms with Crippen LogP contribution in [0.4, 0.5) is 39.5 Å². The summed E-state index contributed by atoms with van der Waals surface area (Å²) in [7, 11) is 0. The fraction of sp³-hybridized carbons (Fsp3) is 0.423. The predicted octanol–water partition coefficient (Wildman–Crippen LogP) is 21.9. The number of aryl methyl sites for hydroxylation is 3. The van der Waals surface area contributed by atoms with Crippen molar-refractivity contribution in [1.82, 2.24) is 0 Å². The maximum absolute atomic E-state index is 12.8. The molecule has 0 aliphatic carbocycles. The summed E-state index contributed by atoms with van der Waals surface area (Å²) in [5.41, 5.74) is 8.35. The molecule has 7 aromatic rings. The van der Waals surface area contributed by atoms with Gasteiger partial charge in [-0.1, -0.05) is 247 Å². The van der Waals surface area contributed by atoms with Crippen molar-refractivity contribution in [2.75, 3.05) is 0 Å². The minimum atomic E-state index is -4.30. The number of nitrogens with two attached hydrogens (primary N) is 1. The van der Waals surface area contributed by atoms with Crippen LogP contribution in [0.15, 0.2) is 167 Å². The maximum Gasteiger partial charge on any atom is 0.435 e. The number of halogens is 9. The number of aliphatic imine (C=N–C) groups is 1. The molecule has 464 valence electrons. The third-order valence-corrected chi connectivity index (χ3v) is 20.4. The van der Waals surface area contributed by atoms with Crippen LogP contribution in [0.1, 0.15) is 153 Å². The lowest BCUT2D eigenvalue weighted by Gasteiger charge is -2.11. The van der Waals surface area contributed by atoms with Crippen molar-refractivity contribution in [1.29, 1.82) is 5.26 Å². The molecule has 0 aromatic heterocycles. The third-order valence-electron chi connectivity index (χ3n) is 13.7. The van der Waals surface area contributed by atoms with Crippen molar-refractivity contribution < 1.29 is 39.5 Å². The molecule has 0 fully saturated rings. The average Bonchev–Trinajstić information content (AvgIpc) is 3.14. The Balaban J connectivity index is 0.000000383. The Hall–Kier alpha value is -5.72. The smallest absolute Gasteiger partial charge is 0.409 e. The molecule has 2 N–H and O–H groups in total. The van der Waals surface area contributed by atoms with Crippen LogP contribution in [0.3, 0.4) is 0 Å². The number of nitrogens with zero attached hydrogens (tertiary/aromatic N) is 3. The zero-order chi connectivity index (χ0) is 63.2. The van der Waals surface area contributed by atoms with Crippen molar-refractivity contribution >= 4 is 63.6 Å². The van der Waals surface area contributed by atoms with Crippen molar-refractivity contribution in [2.24, 2.45) is 38.4 Å². The van der Waals surface area contributed by atoms with Crippen LogP contribution < -0.4 is 5.73 Å². The highest BCUT2D eigenvalue weighted by Crippen LogP contribution is 2.33. The van der Waals surface area contributed by atoms with Crippen LogP contribution in [0.5, 0.6) is 0 Å². The van der Waals surface area contributed by atoms with Crippen LogP contribution in [-0.2, 0) is 37.8 Å². The SMILES string of the molecule is C.CC(C)[CH2][AlH][CH2]C(C)C.CC(C)[CH2][Al]([CH2]C(C)C)[N]=CCCc1cccc(C(F)(F)F)c1.C[C@@H](N)c1cccc2ccccc12.C[C@@H](N=CCCc1cccc(C(F)(F)F)c1)c1cccc2ccccc12.N#CCCc1cccc(C(F)(F)F)c1. The first kappa shape index (κ1) is 76.4. The molecule has 0 aliphatic rings. The molecule has 0 unspecified atom stereocenters. The van der Waals surface area contributed by atoms with Gasteiger partial charge in [0.15, 0.2) is 0 Å². The van der Waals surface area contributed by atoms with Gasteiger partial charge in [0.1, 0.15) is 0 Å². The van der Waals surface area contributed by atoms with Crippen LogP contribution in [0, 0.1) is 35.0 Å². The monoisotopic (exact) mass is 1220 g/mol. The normalized spacial score (nSPS) is 12.3. The second-order valence-corrected chi connectivity index (χ2v) is 27.6. The van der Waals surface area contributed by atoms with Gasteiger partial charge in [0.2, 0.25) is 15.2 Å². The van der Waals surface area contributed by atoms with Crippen LogP contribution in [0.2, 0.25) is 21.1 Å². The number of fused-ring (bicyclic) bond motifs is 2. The Kier molecular flexibility index (Phi) is 34.8. The van der Waals surface area contributed by atoms with E-state index >= 15 is 0 Å². The average molecular weight is 1230 g/mol. The minimum absolute atomic E-state index is 0. The highest BCUT2D eigenvalue weighted by molar-refractivity contribution is 6.58. The van der Waals surface area contributed by atoms with Gasteiger partial charge in [-0.25, -0.2) is 0 Å². The number of benzene rings is 7. The lowest BCUT2D eigenvalue weighted by Crippen LogP contribution is -2.15. The molecular weight excluding hydrogens is 1130 g/mol. The molecule has 4 nitrogen and oxygen atoms in total. The lowest BCUT2D eigenvalue weighted by atomic mass is 10.00. The van der Waals surface area contributed by atoms with E-state index in [1.165, 1.54) is 78.6 Å². The highest BCUT2D eigenvalue weighted by atomic mass is 27.2. The van der Waals surface area contributed by atoms with E-state index in [0.29, 0.717) is 70.3 Å². The molecule has 0 amide bonds. The number of alkyl halides is 9.